The van der Waals surface area contributed by atoms with Gasteiger partial charge in [0.05, 0.1) is 16.3 Å². The van der Waals surface area contributed by atoms with Crippen molar-refractivity contribution >= 4 is 17.6 Å². The molecule has 132 valence electrons. The van der Waals surface area contributed by atoms with Crippen molar-refractivity contribution < 1.29 is 9.90 Å². The van der Waals surface area contributed by atoms with Gasteiger partial charge in [-0.15, -0.1) is 0 Å². The molecule has 5 heteroatoms. The minimum absolute atomic E-state index is 0.0398. The molecule has 0 bridgehead atoms. The predicted molar refractivity (Wildman–Crippen MR) is 104 cm³/mol. The van der Waals surface area contributed by atoms with E-state index < -0.39 is 5.97 Å². The van der Waals surface area contributed by atoms with Crippen LogP contribution in [0.15, 0.2) is 54.9 Å². The van der Waals surface area contributed by atoms with Crippen molar-refractivity contribution in [1.82, 2.24) is 9.97 Å². The van der Waals surface area contributed by atoms with Crippen molar-refractivity contribution in [2.45, 2.75) is 26.2 Å². The van der Waals surface area contributed by atoms with Crippen molar-refractivity contribution in [3.8, 4) is 22.4 Å². The molecule has 0 aliphatic rings. The molecule has 1 N–H and O–H groups in total. The molecule has 2 aromatic heterocycles. The summed E-state index contributed by atoms with van der Waals surface area (Å²) in [6.07, 6.45) is 3.54. The fourth-order valence-electron chi connectivity index (χ4n) is 2.63. The fourth-order valence-corrected chi connectivity index (χ4v) is 2.91. The summed E-state index contributed by atoms with van der Waals surface area (Å²) in [5.74, 6) is -1.01. The number of aromatic carboxylic acids is 1. The summed E-state index contributed by atoms with van der Waals surface area (Å²) in [6, 6.07) is 12.6. The van der Waals surface area contributed by atoms with Gasteiger partial charge in [-0.2, -0.15) is 0 Å². The normalized spacial score (nSPS) is 11.4. The number of carboxylic acids is 1. The largest absolute Gasteiger partial charge is 0.478 e. The summed E-state index contributed by atoms with van der Waals surface area (Å²) in [6.45, 7) is 6.38. The molecule has 0 saturated heterocycles. The average Bonchev–Trinajstić information content (AvgIpc) is 2.61. The Morgan fingerprint density at radius 1 is 0.962 bits per heavy atom. The molecule has 2 heterocycles. The number of pyridine rings is 2. The first-order chi connectivity index (χ1) is 12.3. The molecular formula is C21H19ClN2O2. The molecule has 0 spiro atoms. The van der Waals surface area contributed by atoms with Gasteiger partial charge in [-0.1, -0.05) is 38.4 Å². The highest BCUT2D eigenvalue weighted by atomic mass is 35.5. The molecule has 1 aromatic carbocycles. The van der Waals surface area contributed by atoms with Crippen LogP contribution in [-0.4, -0.2) is 21.0 Å². The second-order valence-electron chi connectivity index (χ2n) is 7.11. The van der Waals surface area contributed by atoms with Crippen LogP contribution in [0.5, 0.6) is 0 Å². The molecule has 0 atom stereocenters. The highest BCUT2D eigenvalue weighted by Crippen LogP contribution is 2.31. The highest BCUT2D eigenvalue weighted by molar-refractivity contribution is 6.33. The monoisotopic (exact) mass is 366 g/mol. The molecule has 0 aliphatic heterocycles. The van der Waals surface area contributed by atoms with E-state index in [1.807, 2.05) is 24.4 Å². The van der Waals surface area contributed by atoms with E-state index in [1.165, 1.54) is 12.1 Å². The Bertz CT molecular complexity index is 978. The second kappa shape index (κ2) is 6.89. The lowest BCUT2D eigenvalue weighted by Gasteiger charge is -2.18. The number of hydrogen-bond acceptors (Lipinski definition) is 3. The summed E-state index contributed by atoms with van der Waals surface area (Å²) >= 11 is 6.28. The lowest BCUT2D eigenvalue weighted by atomic mass is 9.90. The van der Waals surface area contributed by atoms with Crippen molar-refractivity contribution in [3.63, 3.8) is 0 Å². The van der Waals surface area contributed by atoms with Crippen LogP contribution in [0, 0.1) is 0 Å². The van der Waals surface area contributed by atoms with Gasteiger partial charge in [-0.05, 0) is 47.5 Å². The SMILES string of the molecule is CC(C)(C)c1cc(-c2ccnc(-c3ccc(C(=O)O)cc3Cl)c2)ccn1. The number of carbonyl (C=O) groups is 1. The lowest BCUT2D eigenvalue weighted by Crippen LogP contribution is -2.13. The van der Waals surface area contributed by atoms with Crippen LogP contribution in [0.4, 0.5) is 0 Å². The van der Waals surface area contributed by atoms with Gasteiger partial charge in [0.1, 0.15) is 0 Å². The van der Waals surface area contributed by atoms with E-state index in [0.717, 1.165) is 16.8 Å². The Kier molecular flexibility index (Phi) is 4.79. The Morgan fingerprint density at radius 2 is 1.62 bits per heavy atom. The molecule has 0 saturated carbocycles. The maximum absolute atomic E-state index is 11.1. The Hall–Kier alpha value is -2.72. The third-order valence-electron chi connectivity index (χ3n) is 4.11. The zero-order chi connectivity index (χ0) is 18.9. The van der Waals surface area contributed by atoms with E-state index in [9.17, 15) is 4.79 Å². The first-order valence-electron chi connectivity index (χ1n) is 8.22. The number of halogens is 1. The lowest BCUT2D eigenvalue weighted by molar-refractivity contribution is 0.0697. The maximum Gasteiger partial charge on any atom is 0.335 e. The Morgan fingerprint density at radius 3 is 2.23 bits per heavy atom. The minimum Gasteiger partial charge on any atom is -0.478 e. The van der Waals surface area contributed by atoms with Gasteiger partial charge in [0.25, 0.3) is 0 Å². The minimum atomic E-state index is -1.01. The molecule has 0 amide bonds. The topological polar surface area (TPSA) is 63.1 Å². The molecule has 3 rings (SSSR count). The number of aromatic nitrogens is 2. The maximum atomic E-state index is 11.1. The van der Waals surface area contributed by atoms with Crippen LogP contribution in [0.1, 0.15) is 36.8 Å². The zero-order valence-corrected chi connectivity index (χ0v) is 15.6. The van der Waals surface area contributed by atoms with Crippen LogP contribution in [0.3, 0.4) is 0 Å². The number of rotatable bonds is 3. The predicted octanol–water partition coefficient (Wildman–Crippen LogP) is 5.46. The summed E-state index contributed by atoms with van der Waals surface area (Å²) < 4.78 is 0. The quantitative estimate of drug-likeness (QED) is 0.668. The van der Waals surface area contributed by atoms with Crippen molar-refractivity contribution in [2.75, 3.05) is 0 Å². The van der Waals surface area contributed by atoms with Crippen LogP contribution in [0.2, 0.25) is 5.02 Å². The summed E-state index contributed by atoms with van der Waals surface area (Å²) in [4.78, 5) is 19.9. The van der Waals surface area contributed by atoms with Gasteiger partial charge in [0.15, 0.2) is 0 Å². The third kappa shape index (κ3) is 3.75. The summed E-state index contributed by atoms with van der Waals surface area (Å²) in [5, 5.41) is 9.44. The van der Waals surface area contributed by atoms with Crippen molar-refractivity contribution in [2.24, 2.45) is 0 Å². The van der Waals surface area contributed by atoms with E-state index >= 15 is 0 Å². The standard InChI is InChI=1S/C21H19ClN2O2/c1-21(2,3)19-12-14(7-9-24-19)13-6-8-23-18(11-13)16-5-4-15(20(25)26)10-17(16)22/h4-12H,1-3H3,(H,25,26). The molecular weight excluding hydrogens is 348 g/mol. The molecule has 0 fully saturated rings. The van der Waals surface area contributed by atoms with Crippen LogP contribution < -0.4 is 0 Å². The van der Waals surface area contributed by atoms with Crippen LogP contribution in [0.25, 0.3) is 22.4 Å². The molecule has 3 aromatic rings. The number of benzene rings is 1. The van der Waals surface area contributed by atoms with Crippen molar-refractivity contribution in [1.29, 1.82) is 0 Å². The molecule has 4 nitrogen and oxygen atoms in total. The third-order valence-corrected chi connectivity index (χ3v) is 4.43. The van der Waals surface area contributed by atoms with Gasteiger partial charge in [-0.25, -0.2) is 4.79 Å². The first-order valence-corrected chi connectivity index (χ1v) is 8.60. The fraction of sp³-hybridized carbons (Fsp3) is 0.190. The van der Waals surface area contributed by atoms with Crippen LogP contribution >= 0.6 is 11.6 Å². The van der Waals surface area contributed by atoms with Gasteiger partial charge >= 0.3 is 5.97 Å². The molecule has 0 unspecified atom stereocenters. The van der Waals surface area contributed by atoms with Gasteiger partial charge in [0, 0.05) is 29.1 Å². The smallest absolute Gasteiger partial charge is 0.335 e. The van der Waals surface area contributed by atoms with E-state index in [0.29, 0.717) is 16.3 Å². The number of carboxylic acid groups (broad SMARTS) is 1. The van der Waals surface area contributed by atoms with Gasteiger partial charge < -0.3 is 5.11 Å². The molecule has 0 aliphatic carbocycles. The van der Waals surface area contributed by atoms with Gasteiger partial charge in [-0.3, -0.25) is 9.97 Å². The first kappa shape index (κ1) is 18.1. The molecule has 0 radical (unpaired) electrons. The number of hydrogen-bond donors (Lipinski definition) is 1. The molecule has 26 heavy (non-hydrogen) atoms. The van der Waals surface area contributed by atoms with Crippen molar-refractivity contribution in [3.05, 3.63) is 71.1 Å². The van der Waals surface area contributed by atoms with Crippen LogP contribution in [-0.2, 0) is 5.41 Å². The number of nitrogens with zero attached hydrogens (tertiary/aromatic N) is 2. The van der Waals surface area contributed by atoms with Gasteiger partial charge in [0.2, 0.25) is 0 Å². The average molecular weight is 367 g/mol. The highest BCUT2D eigenvalue weighted by Gasteiger charge is 2.16. The van der Waals surface area contributed by atoms with E-state index in [1.54, 1.807) is 12.3 Å². The Balaban J connectivity index is 2.03. The van der Waals surface area contributed by atoms with E-state index in [2.05, 4.69) is 36.8 Å². The van der Waals surface area contributed by atoms with E-state index in [4.69, 9.17) is 16.7 Å². The summed E-state index contributed by atoms with van der Waals surface area (Å²) in [7, 11) is 0. The Labute approximate surface area is 157 Å². The summed E-state index contributed by atoms with van der Waals surface area (Å²) in [5.41, 5.74) is 4.56. The van der Waals surface area contributed by atoms with E-state index in [-0.39, 0.29) is 11.0 Å². The second-order valence-corrected chi connectivity index (χ2v) is 7.52. The zero-order valence-electron chi connectivity index (χ0n) is 14.8.